The van der Waals surface area contributed by atoms with Crippen LogP contribution >= 0.6 is 0 Å². The van der Waals surface area contributed by atoms with Gasteiger partial charge in [0.05, 0.1) is 12.3 Å². The largest absolute Gasteiger partial charge is 0.464 e. The second-order valence-electron chi connectivity index (χ2n) is 8.07. The van der Waals surface area contributed by atoms with Gasteiger partial charge in [-0.05, 0) is 37.5 Å². The van der Waals surface area contributed by atoms with Crippen molar-refractivity contribution in [3.8, 4) is 0 Å². The zero-order chi connectivity index (χ0) is 19.3. The van der Waals surface area contributed by atoms with Crippen LogP contribution in [0.2, 0.25) is 0 Å². The van der Waals surface area contributed by atoms with Crippen molar-refractivity contribution >= 4 is 11.7 Å². The fraction of sp³-hybridized carbons (Fsp3) is 0.417. The molecular weight excluding hydrogens is 334 g/mol. The van der Waals surface area contributed by atoms with E-state index in [-0.39, 0.29) is 17.3 Å². The molecule has 0 aromatic heterocycles. The molecule has 0 spiro atoms. The molecule has 3 nitrogen and oxygen atoms in total. The van der Waals surface area contributed by atoms with Crippen LogP contribution < -0.4 is 0 Å². The van der Waals surface area contributed by atoms with Gasteiger partial charge in [-0.1, -0.05) is 74.5 Å². The van der Waals surface area contributed by atoms with E-state index in [9.17, 15) is 4.79 Å². The smallest absolute Gasteiger partial charge is 0.331 e. The molecular formula is C24H29NO2. The Balaban J connectivity index is 2.04. The van der Waals surface area contributed by atoms with Crippen molar-refractivity contribution in [2.45, 2.75) is 46.1 Å². The molecule has 142 valence electrons. The number of hydrogen-bond acceptors (Lipinski definition) is 3. The number of nitrogens with zero attached hydrogens (tertiary/aromatic N) is 1. The van der Waals surface area contributed by atoms with Crippen LogP contribution in [0.3, 0.4) is 0 Å². The Kier molecular flexibility index (Phi) is 6.10. The van der Waals surface area contributed by atoms with Crippen molar-refractivity contribution in [3.05, 3.63) is 71.8 Å². The van der Waals surface area contributed by atoms with Gasteiger partial charge in [0.1, 0.15) is 0 Å². The predicted molar refractivity (Wildman–Crippen MR) is 110 cm³/mol. The Labute approximate surface area is 162 Å². The van der Waals surface area contributed by atoms with Gasteiger partial charge in [0, 0.05) is 11.1 Å². The highest BCUT2D eigenvalue weighted by atomic mass is 16.5. The summed E-state index contributed by atoms with van der Waals surface area (Å²) in [6.07, 6.45) is 3.13. The van der Waals surface area contributed by atoms with Crippen LogP contribution in [0.5, 0.6) is 0 Å². The summed E-state index contributed by atoms with van der Waals surface area (Å²) in [7, 11) is 0. The zero-order valence-corrected chi connectivity index (χ0v) is 16.5. The summed E-state index contributed by atoms with van der Waals surface area (Å²) >= 11 is 0. The van der Waals surface area contributed by atoms with Crippen molar-refractivity contribution in [3.63, 3.8) is 0 Å². The van der Waals surface area contributed by atoms with Crippen molar-refractivity contribution < 1.29 is 9.53 Å². The lowest BCUT2D eigenvalue weighted by molar-refractivity contribution is -0.145. The van der Waals surface area contributed by atoms with E-state index in [0.717, 1.165) is 36.1 Å². The summed E-state index contributed by atoms with van der Waals surface area (Å²) in [5.41, 5.74) is 3.16. The Hall–Kier alpha value is -2.42. The van der Waals surface area contributed by atoms with Crippen molar-refractivity contribution in [2.75, 3.05) is 6.61 Å². The maximum atomic E-state index is 12.8. The number of aliphatic imine (C=N–C) groups is 1. The van der Waals surface area contributed by atoms with E-state index in [1.54, 1.807) is 0 Å². The topological polar surface area (TPSA) is 38.7 Å². The van der Waals surface area contributed by atoms with Crippen LogP contribution in [0.4, 0.5) is 0 Å². The van der Waals surface area contributed by atoms with Crippen LogP contribution in [0, 0.1) is 11.3 Å². The van der Waals surface area contributed by atoms with Gasteiger partial charge in [-0.25, -0.2) is 4.79 Å². The molecule has 1 aliphatic rings. The molecule has 0 saturated heterocycles. The molecule has 2 atom stereocenters. The van der Waals surface area contributed by atoms with Crippen LogP contribution in [0.25, 0.3) is 0 Å². The number of carbonyl (C=O) groups excluding carboxylic acids is 1. The summed E-state index contributed by atoms with van der Waals surface area (Å²) in [4.78, 5) is 17.8. The minimum absolute atomic E-state index is 0.204. The summed E-state index contributed by atoms with van der Waals surface area (Å²) in [5, 5.41) is 0. The molecule has 2 unspecified atom stereocenters. The van der Waals surface area contributed by atoms with E-state index >= 15 is 0 Å². The molecule has 1 fully saturated rings. The van der Waals surface area contributed by atoms with Gasteiger partial charge in [0.25, 0.3) is 0 Å². The van der Waals surface area contributed by atoms with E-state index < -0.39 is 6.04 Å². The quantitative estimate of drug-likeness (QED) is 0.517. The van der Waals surface area contributed by atoms with Crippen molar-refractivity contribution in [2.24, 2.45) is 16.3 Å². The Morgan fingerprint density at radius 1 is 1.07 bits per heavy atom. The molecule has 0 bridgehead atoms. The molecule has 3 heteroatoms. The number of esters is 1. The lowest BCUT2D eigenvalue weighted by atomic mass is 9.88. The number of benzene rings is 2. The fourth-order valence-corrected chi connectivity index (χ4v) is 3.98. The molecule has 1 saturated carbocycles. The maximum absolute atomic E-state index is 12.8. The van der Waals surface area contributed by atoms with Crippen molar-refractivity contribution in [1.29, 1.82) is 0 Å². The van der Waals surface area contributed by atoms with Crippen LogP contribution in [0.15, 0.2) is 65.7 Å². The van der Waals surface area contributed by atoms with E-state index in [1.807, 2.05) is 67.6 Å². The fourth-order valence-electron chi connectivity index (χ4n) is 3.98. The second-order valence-corrected chi connectivity index (χ2v) is 8.07. The predicted octanol–water partition coefficient (Wildman–Crippen LogP) is 5.28. The highest BCUT2D eigenvalue weighted by Crippen LogP contribution is 2.43. The SMILES string of the molecule is CCOC(=O)C(N=C(c1ccccc1)c1ccccc1)C1CCC(C)(C)C1. The zero-order valence-electron chi connectivity index (χ0n) is 16.5. The summed E-state index contributed by atoms with van der Waals surface area (Å²) in [6, 6.07) is 19.7. The maximum Gasteiger partial charge on any atom is 0.331 e. The van der Waals surface area contributed by atoms with Crippen LogP contribution in [0.1, 0.15) is 51.2 Å². The summed E-state index contributed by atoms with van der Waals surface area (Å²) < 4.78 is 5.41. The molecule has 0 radical (unpaired) electrons. The Morgan fingerprint density at radius 3 is 2.07 bits per heavy atom. The van der Waals surface area contributed by atoms with E-state index in [2.05, 4.69) is 13.8 Å². The number of ether oxygens (including phenoxy) is 1. The molecule has 0 heterocycles. The average Bonchev–Trinajstić information content (AvgIpc) is 3.03. The molecule has 0 amide bonds. The van der Waals surface area contributed by atoms with Crippen LogP contribution in [-0.2, 0) is 9.53 Å². The lowest BCUT2D eigenvalue weighted by Crippen LogP contribution is -2.31. The number of rotatable bonds is 6. The summed E-state index contributed by atoms with van der Waals surface area (Å²) in [6.45, 7) is 6.78. The first kappa shape index (κ1) is 19.3. The van der Waals surface area contributed by atoms with Gasteiger partial charge < -0.3 is 4.74 Å². The van der Waals surface area contributed by atoms with Gasteiger partial charge in [-0.15, -0.1) is 0 Å². The molecule has 0 aliphatic heterocycles. The van der Waals surface area contributed by atoms with Crippen molar-refractivity contribution in [1.82, 2.24) is 0 Å². The highest BCUT2D eigenvalue weighted by molar-refractivity contribution is 6.13. The lowest BCUT2D eigenvalue weighted by Gasteiger charge is -2.22. The van der Waals surface area contributed by atoms with Gasteiger partial charge in [-0.2, -0.15) is 0 Å². The first-order valence-corrected chi connectivity index (χ1v) is 9.85. The number of carbonyl (C=O) groups is 1. The molecule has 2 aromatic carbocycles. The Bertz CT molecular complexity index is 739. The third-order valence-electron chi connectivity index (χ3n) is 5.34. The average molecular weight is 364 g/mol. The second kappa shape index (κ2) is 8.51. The minimum Gasteiger partial charge on any atom is -0.464 e. The first-order chi connectivity index (χ1) is 13.0. The first-order valence-electron chi connectivity index (χ1n) is 9.85. The van der Waals surface area contributed by atoms with Gasteiger partial charge in [0.2, 0.25) is 0 Å². The standard InChI is InChI=1S/C24H29NO2/c1-4-27-23(26)22(20-15-16-24(2,3)17-20)25-21(18-11-7-5-8-12-18)19-13-9-6-10-14-19/h5-14,20,22H,4,15-17H2,1-3H3. The van der Waals surface area contributed by atoms with Gasteiger partial charge in [0.15, 0.2) is 6.04 Å². The van der Waals surface area contributed by atoms with E-state index in [4.69, 9.17) is 9.73 Å². The monoisotopic (exact) mass is 363 g/mol. The third kappa shape index (κ3) is 4.85. The number of hydrogen-bond donors (Lipinski definition) is 0. The normalized spacial score (nSPS) is 19.3. The molecule has 2 aromatic rings. The highest BCUT2D eigenvalue weighted by Gasteiger charge is 2.39. The molecule has 27 heavy (non-hydrogen) atoms. The van der Waals surface area contributed by atoms with Crippen LogP contribution in [-0.4, -0.2) is 24.3 Å². The summed E-state index contributed by atoms with van der Waals surface area (Å²) in [5.74, 6) is 0.0195. The molecule has 0 N–H and O–H groups in total. The molecule has 3 rings (SSSR count). The van der Waals surface area contributed by atoms with Gasteiger partial charge in [-0.3, -0.25) is 4.99 Å². The van der Waals surface area contributed by atoms with Gasteiger partial charge >= 0.3 is 5.97 Å². The van der Waals surface area contributed by atoms with E-state index in [1.165, 1.54) is 0 Å². The minimum atomic E-state index is -0.456. The molecule has 1 aliphatic carbocycles. The third-order valence-corrected chi connectivity index (χ3v) is 5.34. The Morgan fingerprint density at radius 2 is 1.63 bits per heavy atom. The van der Waals surface area contributed by atoms with E-state index in [0.29, 0.717) is 6.61 Å².